The first-order valence-corrected chi connectivity index (χ1v) is 13.1. The van der Waals surface area contributed by atoms with Gasteiger partial charge in [0, 0.05) is 5.69 Å². The van der Waals surface area contributed by atoms with E-state index in [0.717, 1.165) is 18.4 Å². The first-order chi connectivity index (χ1) is 17.3. The van der Waals surface area contributed by atoms with Gasteiger partial charge in [-0.15, -0.1) is 0 Å². The molecule has 36 heavy (non-hydrogen) atoms. The van der Waals surface area contributed by atoms with Crippen molar-refractivity contribution in [3.63, 3.8) is 0 Å². The lowest BCUT2D eigenvalue weighted by Crippen LogP contribution is -2.45. The second-order valence-corrected chi connectivity index (χ2v) is 9.81. The summed E-state index contributed by atoms with van der Waals surface area (Å²) < 4.78 is 38.9. The minimum atomic E-state index is -4.00. The van der Waals surface area contributed by atoms with Crippen LogP contribution in [-0.2, 0) is 26.0 Å². The van der Waals surface area contributed by atoms with Gasteiger partial charge >= 0.3 is 5.97 Å². The molecule has 0 spiro atoms. The fourth-order valence-corrected chi connectivity index (χ4v) is 4.55. The van der Waals surface area contributed by atoms with Crippen LogP contribution >= 0.6 is 0 Å². The van der Waals surface area contributed by atoms with E-state index in [1.807, 2.05) is 37.3 Å². The summed E-state index contributed by atoms with van der Waals surface area (Å²) in [6, 6.07) is 20.2. The van der Waals surface area contributed by atoms with E-state index in [2.05, 4.69) is 10.0 Å². The fourth-order valence-electron chi connectivity index (χ4n) is 3.36. The Morgan fingerprint density at radius 3 is 2.19 bits per heavy atom. The number of anilines is 1. The summed E-state index contributed by atoms with van der Waals surface area (Å²) in [6.45, 7) is 2.36. The first kappa shape index (κ1) is 26.9. The third-order valence-corrected chi connectivity index (χ3v) is 6.87. The van der Waals surface area contributed by atoms with Crippen molar-refractivity contribution in [2.75, 3.05) is 19.0 Å². The summed E-state index contributed by atoms with van der Waals surface area (Å²) in [5, 5.41) is 2.74. The lowest BCUT2D eigenvalue weighted by Gasteiger charge is -2.19. The number of carbonyl (C=O) groups excluding carboxylic acids is 2. The predicted molar refractivity (Wildman–Crippen MR) is 138 cm³/mol. The second-order valence-electron chi connectivity index (χ2n) is 8.10. The zero-order chi connectivity index (χ0) is 26.0. The molecule has 1 amide bonds. The molecule has 9 heteroatoms. The zero-order valence-electron chi connectivity index (χ0n) is 20.3. The molecule has 8 nitrogen and oxygen atoms in total. The highest BCUT2D eigenvalue weighted by molar-refractivity contribution is 7.89. The molecule has 1 atom stereocenters. The molecular weight excluding hydrogens is 480 g/mol. The van der Waals surface area contributed by atoms with Crippen LogP contribution in [0.3, 0.4) is 0 Å². The van der Waals surface area contributed by atoms with Crippen molar-refractivity contribution in [3.8, 4) is 5.75 Å². The molecule has 0 heterocycles. The van der Waals surface area contributed by atoms with Crippen LogP contribution in [0.15, 0.2) is 83.8 Å². The molecule has 0 radical (unpaired) electrons. The minimum Gasteiger partial charge on any atom is -0.497 e. The number of amides is 1. The minimum absolute atomic E-state index is 0.0140. The van der Waals surface area contributed by atoms with Gasteiger partial charge in [0.2, 0.25) is 15.9 Å². The number of sulfonamides is 1. The standard InChI is InChI=1S/C27H30N2O6S/c1-3-4-18-35-27(31)21-10-12-22(13-11-21)28-26(30)25(19-20-8-6-5-7-9-20)29-36(32,33)24-16-14-23(34-2)15-17-24/h5-17,25,29H,3-4,18-19H2,1-2H3,(H,28,30). The molecular formula is C27H30N2O6S. The van der Waals surface area contributed by atoms with E-state index in [4.69, 9.17) is 9.47 Å². The third-order valence-electron chi connectivity index (χ3n) is 5.39. The Balaban J connectivity index is 1.75. The topological polar surface area (TPSA) is 111 Å². The van der Waals surface area contributed by atoms with Crippen LogP contribution in [0.5, 0.6) is 5.75 Å². The van der Waals surface area contributed by atoms with E-state index in [0.29, 0.717) is 23.6 Å². The van der Waals surface area contributed by atoms with Crippen molar-refractivity contribution < 1.29 is 27.5 Å². The van der Waals surface area contributed by atoms with Crippen molar-refractivity contribution in [1.29, 1.82) is 0 Å². The van der Waals surface area contributed by atoms with Crippen molar-refractivity contribution in [2.45, 2.75) is 37.1 Å². The maximum Gasteiger partial charge on any atom is 0.338 e. The number of esters is 1. The van der Waals surface area contributed by atoms with Gasteiger partial charge in [-0.3, -0.25) is 4.79 Å². The number of carbonyl (C=O) groups is 2. The lowest BCUT2D eigenvalue weighted by molar-refractivity contribution is -0.117. The van der Waals surface area contributed by atoms with Crippen LogP contribution in [0, 0.1) is 0 Å². The molecule has 0 aliphatic carbocycles. The maximum atomic E-state index is 13.2. The highest BCUT2D eigenvalue weighted by Gasteiger charge is 2.26. The van der Waals surface area contributed by atoms with Crippen LogP contribution in [0.25, 0.3) is 0 Å². The van der Waals surface area contributed by atoms with Crippen LogP contribution in [0.2, 0.25) is 0 Å². The molecule has 0 aliphatic heterocycles. The van der Waals surface area contributed by atoms with E-state index >= 15 is 0 Å². The number of rotatable bonds is 12. The van der Waals surface area contributed by atoms with Crippen LogP contribution in [-0.4, -0.2) is 40.1 Å². The molecule has 0 aromatic heterocycles. The van der Waals surface area contributed by atoms with Gasteiger partial charge in [-0.05, 0) is 66.9 Å². The number of ether oxygens (including phenoxy) is 2. The number of hydrogen-bond donors (Lipinski definition) is 2. The van der Waals surface area contributed by atoms with E-state index in [1.165, 1.54) is 31.4 Å². The number of benzene rings is 3. The van der Waals surface area contributed by atoms with Crippen molar-refractivity contribution >= 4 is 27.6 Å². The highest BCUT2D eigenvalue weighted by Crippen LogP contribution is 2.17. The molecule has 0 aliphatic rings. The molecule has 0 fully saturated rings. The molecule has 0 saturated heterocycles. The number of unbranched alkanes of at least 4 members (excludes halogenated alkanes) is 1. The normalized spacial score (nSPS) is 11.9. The summed E-state index contributed by atoms with van der Waals surface area (Å²) in [5.41, 5.74) is 1.58. The Kier molecular flexibility index (Phi) is 9.61. The van der Waals surface area contributed by atoms with E-state index in [9.17, 15) is 18.0 Å². The van der Waals surface area contributed by atoms with Crippen LogP contribution in [0.4, 0.5) is 5.69 Å². The molecule has 0 saturated carbocycles. The molecule has 1 unspecified atom stereocenters. The Hall–Kier alpha value is -3.69. The van der Waals surface area contributed by atoms with Crippen molar-refractivity contribution in [2.24, 2.45) is 0 Å². The quantitative estimate of drug-likeness (QED) is 0.279. The first-order valence-electron chi connectivity index (χ1n) is 11.6. The number of hydrogen-bond acceptors (Lipinski definition) is 6. The molecule has 190 valence electrons. The van der Waals surface area contributed by atoms with Gasteiger partial charge < -0.3 is 14.8 Å². The summed E-state index contributed by atoms with van der Waals surface area (Å²) in [5.74, 6) is -0.449. The van der Waals surface area contributed by atoms with Crippen molar-refractivity contribution in [3.05, 3.63) is 90.0 Å². The van der Waals surface area contributed by atoms with Gasteiger partial charge in [-0.2, -0.15) is 4.72 Å². The molecule has 3 rings (SSSR count). The summed E-state index contributed by atoms with van der Waals surface area (Å²) in [6.07, 6.45) is 1.85. The molecule has 2 N–H and O–H groups in total. The van der Waals surface area contributed by atoms with Crippen molar-refractivity contribution in [1.82, 2.24) is 4.72 Å². The van der Waals surface area contributed by atoms with E-state index < -0.39 is 27.9 Å². The number of nitrogens with one attached hydrogen (secondary N) is 2. The van der Waals surface area contributed by atoms with Gasteiger partial charge in [-0.25, -0.2) is 13.2 Å². The summed E-state index contributed by atoms with van der Waals surface area (Å²) in [7, 11) is -2.51. The highest BCUT2D eigenvalue weighted by atomic mass is 32.2. The monoisotopic (exact) mass is 510 g/mol. The number of methoxy groups -OCH3 is 1. The molecule has 0 bridgehead atoms. The summed E-state index contributed by atoms with van der Waals surface area (Å²) >= 11 is 0. The van der Waals surface area contributed by atoms with Gasteiger partial charge in [0.05, 0.1) is 24.2 Å². The zero-order valence-corrected chi connectivity index (χ0v) is 21.1. The Morgan fingerprint density at radius 1 is 0.917 bits per heavy atom. The SMILES string of the molecule is CCCCOC(=O)c1ccc(NC(=O)C(Cc2ccccc2)NS(=O)(=O)c2ccc(OC)cc2)cc1. The maximum absolute atomic E-state index is 13.2. The van der Waals surface area contributed by atoms with Crippen LogP contribution < -0.4 is 14.8 Å². The summed E-state index contributed by atoms with van der Waals surface area (Å²) in [4.78, 5) is 25.3. The largest absolute Gasteiger partial charge is 0.497 e. The lowest BCUT2D eigenvalue weighted by atomic mass is 10.1. The second kappa shape index (κ2) is 12.9. The average Bonchev–Trinajstić information content (AvgIpc) is 2.89. The van der Waals surface area contributed by atoms with E-state index in [-0.39, 0.29) is 11.3 Å². The third kappa shape index (κ3) is 7.66. The molecule has 3 aromatic carbocycles. The Labute approximate surface area is 211 Å². The van der Waals surface area contributed by atoms with Gasteiger partial charge in [-0.1, -0.05) is 43.7 Å². The molecule has 3 aromatic rings. The van der Waals surface area contributed by atoms with Crippen LogP contribution in [0.1, 0.15) is 35.7 Å². The van der Waals surface area contributed by atoms with Gasteiger partial charge in [0.25, 0.3) is 0 Å². The van der Waals surface area contributed by atoms with E-state index in [1.54, 1.807) is 24.3 Å². The van der Waals surface area contributed by atoms with Gasteiger partial charge in [0.15, 0.2) is 0 Å². The smallest absolute Gasteiger partial charge is 0.338 e. The van der Waals surface area contributed by atoms with Gasteiger partial charge in [0.1, 0.15) is 11.8 Å². The predicted octanol–water partition coefficient (Wildman–Crippen LogP) is 4.18. The fraction of sp³-hybridized carbons (Fsp3) is 0.259. The average molecular weight is 511 g/mol. The Morgan fingerprint density at radius 2 is 1.58 bits per heavy atom. The Bertz CT molecular complexity index is 1240.